The first-order valence-corrected chi connectivity index (χ1v) is 6.09. The van der Waals surface area contributed by atoms with Gasteiger partial charge in [-0.3, -0.25) is 0 Å². The fourth-order valence-corrected chi connectivity index (χ4v) is 1.51. The number of carboxylic acids is 1. The minimum absolute atomic E-state index is 0.0218. The molecule has 1 N–H and O–H groups in total. The minimum Gasteiger partial charge on any atom is -0.493 e. The van der Waals surface area contributed by atoms with Crippen molar-refractivity contribution in [3.05, 3.63) is 36.0 Å². The molecule has 0 saturated carbocycles. The highest BCUT2D eigenvalue weighted by Gasteiger charge is 2.13. The van der Waals surface area contributed by atoms with Crippen molar-refractivity contribution >= 4 is 5.97 Å². The Morgan fingerprint density at radius 3 is 2.90 bits per heavy atom. The molecular weight excluding hydrogens is 264 g/mol. The predicted octanol–water partition coefficient (Wildman–Crippen LogP) is 2.14. The number of hydrogen-bond acceptors (Lipinski definition) is 6. The van der Waals surface area contributed by atoms with Crippen molar-refractivity contribution in [3.8, 4) is 11.5 Å². The van der Waals surface area contributed by atoms with E-state index in [1.165, 1.54) is 12.5 Å². The van der Waals surface area contributed by atoms with Gasteiger partial charge in [-0.1, -0.05) is 12.1 Å². The second-order valence-corrected chi connectivity index (χ2v) is 3.95. The van der Waals surface area contributed by atoms with Gasteiger partial charge >= 0.3 is 5.97 Å². The van der Waals surface area contributed by atoms with Gasteiger partial charge in [0.1, 0.15) is 17.1 Å². The zero-order chi connectivity index (χ0) is 14.4. The average Bonchev–Trinajstić information content (AvgIpc) is 2.96. The number of nitrogens with zero attached hydrogens (tertiary/aromatic N) is 2. The molecule has 0 saturated heterocycles. The molecule has 2 aromatic rings. The first-order valence-electron chi connectivity index (χ1n) is 6.09. The molecule has 7 nitrogen and oxygen atoms in total. The topological polar surface area (TPSA) is 94.7 Å². The Morgan fingerprint density at radius 1 is 1.40 bits per heavy atom. The van der Waals surface area contributed by atoms with E-state index in [1.807, 2.05) is 6.92 Å². The van der Waals surface area contributed by atoms with Crippen molar-refractivity contribution in [1.82, 2.24) is 10.1 Å². The van der Waals surface area contributed by atoms with Gasteiger partial charge < -0.3 is 19.1 Å². The van der Waals surface area contributed by atoms with Gasteiger partial charge in [-0.25, -0.2) is 4.79 Å². The highest BCUT2D eigenvalue weighted by molar-refractivity contribution is 5.91. The van der Waals surface area contributed by atoms with Crippen LogP contribution in [0.3, 0.4) is 0 Å². The minimum atomic E-state index is -1.07. The van der Waals surface area contributed by atoms with Crippen molar-refractivity contribution in [3.63, 3.8) is 0 Å². The molecule has 1 aromatic carbocycles. The fourth-order valence-electron chi connectivity index (χ4n) is 1.51. The van der Waals surface area contributed by atoms with Crippen LogP contribution in [0.15, 0.2) is 29.1 Å². The molecule has 0 aliphatic heterocycles. The summed E-state index contributed by atoms with van der Waals surface area (Å²) in [7, 11) is 0. The molecule has 1 heterocycles. The average molecular weight is 278 g/mol. The molecule has 106 valence electrons. The molecule has 20 heavy (non-hydrogen) atoms. The van der Waals surface area contributed by atoms with E-state index in [2.05, 4.69) is 14.7 Å². The van der Waals surface area contributed by atoms with Crippen LogP contribution in [0.2, 0.25) is 0 Å². The van der Waals surface area contributed by atoms with Gasteiger partial charge in [0, 0.05) is 6.07 Å². The van der Waals surface area contributed by atoms with Crippen LogP contribution in [-0.2, 0) is 6.61 Å². The molecule has 1 aromatic heterocycles. The third kappa shape index (κ3) is 3.47. The molecule has 0 amide bonds. The maximum absolute atomic E-state index is 11.1. The summed E-state index contributed by atoms with van der Waals surface area (Å²) < 4.78 is 15.4. The second kappa shape index (κ2) is 6.55. The SMILES string of the molecule is CCCOc1ccc(C(=O)O)c(OCc2ncon2)c1. The third-order valence-corrected chi connectivity index (χ3v) is 2.42. The Hall–Kier alpha value is -2.57. The van der Waals surface area contributed by atoms with Crippen LogP contribution in [0.5, 0.6) is 11.5 Å². The summed E-state index contributed by atoms with van der Waals surface area (Å²) in [6.07, 6.45) is 2.04. The van der Waals surface area contributed by atoms with Crippen LogP contribution in [0.4, 0.5) is 0 Å². The molecule has 0 spiro atoms. The van der Waals surface area contributed by atoms with Gasteiger partial charge in [0.15, 0.2) is 6.61 Å². The summed E-state index contributed by atoms with van der Waals surface area (Å²) in [5.41, 5.74) is 0.0531. The Morgan fingerprint density at radius 2 is 2.25 bits per heavy atom. The van der Waals surface area contributed by atoms with Crippen molar-refractivity contribution in [2.45, 2.75) is 20.0 Å². The molecule has 0 bridgehead atoms. The quantitative estimate of drug-likeness (QED) is 0.828. The molecule has 0 radical (unpaired) electrons. The van der Waals surface area contributed by atoms with E-state index in [0.29, 0.717) is 18.2 Å². The van der Waals surface area contributed by atoms with Crippen LogP contribution in [0.25, 0.3) is 0 Å². The summed E-state index contributed by atoms with van der Waals surface area (Å²) in [4.78, 5) is 14.9. The number of carboxylic acid groups (broad SMARTS) is 1. The van der Waals surface area contributed by atoms with Gasteiger partial charge in [-0.2, -0.15) is 4.98 Å². The van der Waals surface area contributed by atoms with Gasteiger partial charge in [0.05, 0.1) is 6.61 Å². The zero-order valence-corrected chi connectivity index (χ0v) is 10.9. The molecular formula is C13H14N2O5. The van der Waals surface area contributed by atoms with Gasteiger partial charge in [-0.05, 0) is 18.6 Å². The summed E-state index contributed by atoms with van der Waals surface area (Å²) in [5.74, 6) is 0.0206. The van der Waals surface area contributed by atoms with Crippen molar-refractivity contribution in [2.75, 3.05) is 6.61 Å². The highest BCUT2D eigenvalue weighted by Crippen LogP contribution is 2.25. The van der Waals surface area contributed by atoms with Crippen molar-refractivity contribution < 1.29 is 23.9 Å². The lowest BCUT2D eigenvalue weighted by Crippen LogP contribution is -2.05. The molecule has 0 atom stereocenters. The molecule has 7 heteroatoms. The number of benzene rings is 1. The number of aromatic carboxylic acids is 1. The zero-order valence-electron chi connectivity index (χ0n) is 10.9. The van der Waals surface area contributed by atoms with E-state index in [4.69, 9.17) is 14.6 Å². The monoisotopic (exact) mass is 278 g/mol. The number of aromatic nitrogens is 2. The first-order chi connectivity index (χ1) is 9.70. The summed E-state index contributed by atoms with van der Waals surface area (Å²) >= 11 is 0. The lowest BCUT2D eigenvalue weighted by molar-refractivity contribution is 0.0691. The molecule has 0 unspecified atom stereocenters. The number of ether oxygens (including phenoxy) is 2. The van der Waals surface area contributed by atoms with Gasteiger partial charge in [0.25, 0.3) is 0 Å². The predicted molar refractivity (Wildman–Crippen MR) is 67.8 cm³/mol. The number of hydrogen-bond donors (Lipinski definition) is 1. The molecule has 0 aliphatic rings. The van der Waals surface area contributed by atoms with Gasteiger partial charge in [-0.15, -0.1) is 0 Å². The van der Waals surface area contributed by atoms with Gasteiger partial charge in [0.2, 0.25) is 12.2 Å². The Labute approximate surface area is 115 Å². The normalized spacial score (nSPS) is 10.2. The molecule has 0 aliphatic carbocycles. The Kier molecular flexibility index (Phi) is 4.54. The summed E-state index contributed by atoms with van der Waals surface area (Å²) in [6, 6.07) is 4.58. The van der Waals surface area contributed by atoms with E-state index in [0.717, 1.165) is 6.42 Å². The van der Waals surface area contributed by atoms with Crippen LogP contribution in [-0.4, -0.2) is 27.8 Å². The van der Waals surface area contributed by atoms with Crippen molar-refractivity contribution in [2.24, 2.45) is 0 Å². The van der Waals surface area contributed by atoms with Crippen molar-refractivity contribution in [1.29, 1.82) is 0 Å². The number of rotatable bonds is 7. The second-order valence-electron chi connectivity index (χ2n) is 3.95. The van der Waals surface area contributed by atoms with Crippen LogP contribution < -0.4 is 9.47 Å². The third-order valence-electron chi connectivity index (χ3n) is 2.42. The highest BCUT2D eigenvalue weighted by atomic mass is 16.5. The summed E-state index contributed by atoms with van der Waals surface area (Å²) in [6.45, 7) is 2.56. The van der Waals surface area contributed by atoms with E-state index in [1.54, 1.807) is 12.1 Å². The standard InChI is InChI=1S/C13H14N2O5/c1-2-5-18-9-3-4-10(13(16)17)11(6-9)19-7-12-14-8-20-15-12/h3-4,6,8H,2,5,7H2,1H3,(H,16,17). The molecule has 2 rings (SSSR count). The largest absolute Gasteiger partial charge is 0.493 e. The van der Waals surface area contributed by atoms with E-state index >= 15 is 0 Å². The maximum atomic E-state index is 11.1. The number of carbonyl (C=O) groups is 1. The Bertz CT molecular complexity index is 568. The van der Waals surface area contributed by atoms with E-state index in [-0.39, 0.29) is 17.9 Å². The lowest BCUT2D eigenvalue weighted by atomic mass is 10.2. The summed E-state index contributed by atoms with van der Waals surface area (Å²) in [5, 5.41) is 12.7. The Balaban J connectivity index is 2.15. The lowest BCUT2D eigenvalue weighted by Gasteiger charge is -2.10. The first kappa shape index (κ1) is 13.9. The van der Waals surface area contributed by atoms with Crippen LogP contribution in [0, 0.1) is 0 Å². The van der Waals surface area contributed by atoms with E-state index < -0.39 is 5.97 Å². The van der Waals surface area contributed by atoms with Crippen LogP contribution >= 0.6 is 0 Å². The fraction of sp³-hybridized carbons (Fsp3) is 0.308. The van der Waals surface area contributed by atoms with Crippen LogP contribution in [0.1, 0.15) is 29.5 Å². The maximum Gasteiger partial charge on any atom is 0.339 e. The smallest absolute Gasteiger partial charge is 0.339 e. The van der Waals surface area contributed by atoms with E-state index in [9.17, 15) is 4.79 Å². The molecule has 0 fully saturated rings.